The summed E-state index contributed by atoms with van der Waals surface area (Å²) in [5.74, 6) is -1.97. The molecule has 0 atom stereocenters. The third-order valence-electron chi connectivity index (χ3n) is 4.28. The van der Waals surface area contributed by atoms with Gasteiger partial charge in [-0.3, -0.25) is 9.59 Å². The Kier molecular flexibility index (Phi) is 5.90. The molecular formula is C19H25NO6. The normalized spacial score (nSPS) is 16.7. The molecule has 1 heterocycles. The summed E-state index contributed by atoms with van der Waals surface area (Å²) in [7, 11) is 0. The minimum Gasteiger partial charge on any atom is -0.480 e. The number of nitrogens with zero attached hydrogens (tertiary/aromatic N) is 1. The van der Waals surface area contributed by atoms with Gasteiger partial charge in [-0.1, -0.05) is 30.3 Å². The third-order valence-corrected chi connectivity index (χ3v) is 4.28. The van der Waals surface area contributed by atoms with Crippen molar-refractivity contribution >= 4 is 18.0 Å². The number of carboxylic acid groups (broad SMARTS) is 1. The Labute approximate surface area is 152 Å². The van der Waals surface area contributed by atoms with Gasteiger partial charge in [-0.05, 0) is 39.2 Å². The van der Waals surface area contributed by atoms with E-state index in [2.05, 4.69) is 0 Å². The topological polar surface area (TPSA) is 93.1 Å². The van der Waals surface area contributed by atoms with Crippen molar-refractivity contribution in [2.24, 2.45) is 5.41 Å². The second kappa shape index (κ2) is 7.76. The lowest BCUT2D eigenvalue weighted by Crippen LogP contribution is -2.52. The van der Waals surface area contributed by atoms with Gasteiger partial charge in [0.15, 0.2) is 5.41 Å². The fraction of sp³-hybridized carbons (Fsp3) is 0.526. The fourth-order valence-electron chi connectivity index (χ4n) is 2.76. The molecule has 0 bridgehead atoms. The van der Waals surface area contributed by atoms with Gasteiger partial charge in [-0.2, -0.15) is 0 Å². The molecule has 0 spiro atoms. The van der Waals surface area contributed by atoms with Gasteiger partial charge in [0.2, 0.25) is 0 Å². The standard InChI is InChI=1S/C19H25NO6/c1-18(2,3)26-16(23)19(15(21)22)9-11-20(12-10-19)17(24)25-13-14-7-5-4-6-8-14/h4-8H,9-13H2,1-3H3,(H,21,22). The summed E-state index contributed by atoms with van der Waals surface area (Å²) in [4.78, 5) is 37.8. The lowest BCUT2D eigenvalue weighted by atomic mass is 9.78. The molecule has 26 heavy (non-hydrogen) atoms. The molecule has 1 N–H and O–H groups in total. The van der Waals surface area contributed by atoms with E-state index in [4.69, 9.17) is 9.47 Å². The third kappa shape index (κ3) is 4.74. The van der Waals surface area contributed by atoms with E-state index in [1.165, 1.54) is 4.90 Å². The Morgan fingerprint density at radius 3 is 2.19 bits per heavy atom. The summed E-state index contributed by atoms with van der Waals surface area (Å²) >= 11 is 0. The van der Waals surface area contributed by atoms with E-state index >= 15 is 0 Å². The van der Waals surface area contributed by atoms with Crippen LogP contribution in [0.15, 0.2) is 30.3 Å². The average molecular weight is 363 g/mol. The zero-order valence-corrected chi connectivity index (χ0v) is 15.4. The van der Waals surface area contributed by atoms with E-state index < -0.39 is 29.0 Å². The van der Waals surface area contributed by atoms with Gasteiger partial charge in [0.25, 0.3) is 0 Å². The SMILES string of the molecule is CC(C)(C)OC(=O)C1(C(=O)O)CCN(C(=O)OCc2ccccc2)CC1. The van der Waals surface area contributed by atoms with Gasteiger partial charge in [0.1, 0.15) is 12.2 Å². The van der Waals surface area contributed by atoms with Gasteiger partial charge in [0, 0.05) is 13.1 Å². The van der Waals surface area contributed by atoms with Crippen LogP contribution in [0.25, 0.3) is 0 Å². The maximum absolute atomic E-state index is 12.4. The van der Waals surface area contributed by atoms with Crippen molar-refractivity contribution in [3.8, 4) is 0 Å². The molecule has 0 saturated carbocycles. The van der Waals surface area contributed by atoms with Crippen LogP contribution >= 0.6 is 0 Å². The molecule has 1 aliphatic rings. The number of benzene rings is 1. The van der Waals surface area contributed by atoms with Crippen LogP contribution in [-0.4, -0.2) is 46.7 Å². The van der Waals surface area contributed by atoms with E-state index in [0.29, 0.717) is 0 Å². The Morgan fingerprint density at radius 2 is 1.69 bits per heavy atom. The molecule has 0 aliphatic carbocycles. The van der Waals surface area contributed by atoms with Gasteiger partial charge in [-0.15, -0.1) is 0 Å². The highest BCUT2D eigenvalue weighted by Gasteiger charge is 2.51. The van der Waals surface area contributed by atoms with E-state index in [-0.39, 0.29) is 32.5 Å². The van der Waals surface area contributed by atoms with Crippen molar-refractivity contribution in [2.75, 3.05) is 13.1 Å². The predicted molar refractivity (Wildman–Crippen MR) is 93.3 cm³/mol. The van der Waals surface area contributed by atoms with Crippen molar-refractivity contribution in [3.63, 3.8) is 0 Å². The van der Waals surface area contributed by atoms with E-state index in [0.717, 1.165) is 5.56 Å². The minimum atomic E-state index is -1.62. The van der Waals surface area contributed by atoms with Crippen LogP contribution in [-0.2, 0) is 25.7 Å². The summed E-state index contributed by atoms with van der Waals surface area (Å²) in [6.07, 6.45) is -0.521. The first-order valence-electron chi connectivity index (χ1n) is 8.56. The first-order valence-corrected chi connectivity index (χ1v) is 8.56. The highest BCUT2D eigenvalue weighted by atomic mass is 16.6. The summed E-state index contributed by atoms with van der Waals surface area (Å²) in [6.45, 7) is 5.47. The number of ether oxygens (including phenoxy) is 2. The van der Waals surface area contributed by atoms with Crippen LogP contribution in [0, 0.1) is 5.41 Å². The highest BCUT2D eigenvalue weighted by molar-refractivity contribution is 5.99. The van der Waals surface area contributed by atoms with Crippen molar-refractivity contribution < 1.29 is 29.0 Å². The zero-order valence-electron chi connectivity index (χ0n) is 15.4. The highest BCUT2D eigenvalue weighted by Crippen LogP contribution is 2.35. The number of likely N-dealkylation sites (tertiary alicyclic amines) is 1. The molecule has 0 aromatic heterocycles. The van der Waals surface area contributed by atoms with Gasteiger partial charge >= 0.3 is 18.0 Å². The molecule has 2 rings (SSSR count). The Balaban J connectivity index is 1.95. The number of carboxylic acids is 1. The lowest BCUT2D eigenvalue weighted by molar-refractivity contribution is -0.180. The van der Waals surface area contributed by atoms with E-state index in [9.17, 15) is 19.5 Å². The Morgan fingerprint density at radius 1 is 1.12 bits per heavy atom. The predicted octanol–water partition coefficient (Wildman–Crippen LogP) is 2.83. The number of esters is 1. The van der Waals surface area contributed by atoms with Crippen molar-refractivity contribution in [1.82, 2.24) is 4.90 Å². The largest absolute Gasteiger partial charge is 0.480 e. The van der Waals surface area contributed by atoms with E-state index in [1.54, 1.807) is 20.8 Å². The average Bonchev–Trinajstić information content (AvgIpc) is 2.59. The summed E-state index contributed by atoms with van der Waals surface area (Å²) < 4.78 is 10.5. The van der Waals surface area contributed by atoms with Crippen LogP contribution in [0.3, 0.4) is 0 Å². The first-order chi connectivity index (χ1) is 12.1. The van der Waals surface area contributed by atoms with Crippen molar-refractivity contribution in [2.45, 2.75) is 45.8 Å². The zero-order chi connectivity index (χ0) is 19.4. The van der Waals surface area contributed by atoms with Crippen LogP contribution in [0.2, 0.25) is 0 Å². The molecule has 1 fully saturated rings. The minimum absolute atomic E-state index is 0.00230. The first kappa shape index (κ1) is 19.8. The molecule has 0 radical (unpaired) electrons. The van der Waals surface area contributed by atoms with E-state index in [1.807, 2.05) is 30.3 Å². The number of aliphatic carboxylic acids is 1. The van der Waals surface area contributed by atoms with Gasteiger partial charge in [0.05, 0.1) is 0 Å². The molecular weight excluding hydrogens is 338 g/mol. The maximum atomic E-state index is 12.4. The van der Waals surface area contributed by atoms with Gasteiger partial charge < -0.3 is 19.5 Å². The number of amides is 1. The number of carbonyl (C=O) groups excluding carboxylic acids is 2. The lowest BCUT2D eigenvalue weighted by Gasteiger charge is -2.37. The molecule has 1 amide bonds. The molecule has 7 nitrogen and oxygen atoms in total. The quantitative estimate of drug-likeness (QED) is 0.653. The molecule has 1 aromatic carbocycles. The van der Waals surface area contributed by atoms with Crippen molar-refractivity contribution in [1.29, 1.82) is 0 Å². The van der Waals surface area contributed by atoms with Crippen LogP contribution in [0.5, 0.6) is 0 Å². The summed E-state index contributed by atoms with van der Waals surface area (Å²) in [5.41, 5.74) is -1.53. The molecule has 142 valence electrons. The Bertz CT molecular complexity index is 656. The maximum Gasteiger partial charge on any atom is 0.410 e. The second-order valence-corrected chi connectivity index (χ2v) is 7.42. The molecule has 1 aromatic rings. The molecule has 1 aliphatic heterocycles. The van der Waals surface area contributed by atoms with Crippen LogP contribution < -0.4 is 0 Å². The van der Waals surface area contributed by atoms with Crippen LogP contribution in [0.4, 0.5) is 4.79 Å². The smallest absolute Gasteiger partial charge is 0.410 e. The molecule has 1 saturated heterocycles. The molecule has 0 unspecified atom stereocenters. The second-order valence-electron chi connectivity index (χ2n) is 7.42. The van der Waals surface area contributed by atoms with Crippen molar-refractivity contribution in [3.05, 3.63) is 35.9 Å². The number of piperidine rings is 1. The molecule has 7 heteroatoms. The van der Waals surface area contributed by atoms with Gasteiger partial charge in [-0.25, -0.2) is 4.79 Å². The fourth-order valence-corrected chi connectivity index (χ4v) is 2.76. The van der Waals surface area contributed by atoms with Crippen LogP contribution in [0.1, 0.15) is 39.2 Å². The summed E-state index contributed by atoms with van der Waals surface area (Å²) in [5, 5.41) is 9.60. The summed E-state index contributed by atoms with van der Waals surface area (Å²) in [6, 6.07) is 9.28. The number of hydrogen-bond donors (Lipinski definition) is 1. The monoisotopic (exact) mass is 363 g/mol. The Hall–Kier alpha value is -2.57. The number of rotatable bonds is 4. The number of hydrogen-bond acceptors (Lipinski definition) is 5. The number of carbonyl (C=O) groups is 3.